The predicted octanol–water partition coefficient (Wildman–Crippen LogP) is 3.06. The molecule has 1 aromatic rings. The lowest BCUT2D eigenvalue weighted by atomic mass is 10.0. The number of halogens is 3. The van der Waals surface area contributed by atoms with Crippen molar-refractivity contribution in [3.8, 4) is 0 Å². The maximum Gasteiger partial charge on any atom is 0.471 e. The summed E-state index contributed by atoms with van der Waals surface area (Å²) in [6.45, 7) is 5.61. The Morgan fingerprint density at radius 2 is 1.59 bits per heavy atom. The van der Waals surface area contributed by atoms with Gasteiger partial charge in [-0.15, -0.1) is 0 Å². The summed E-state index contributed by atoms with van der Waals surface area (Å²) in [6, 6.07) is 7.37. The first-order chi connectivity index (χ1) is 15.8. The average Bonchev–Trinajstić information content (AvgIpc) is 2.75. The zero-order chi connectivity index (χ0) is 25.9. The predicted molar refractivity (Wildman–Crippen MR) is 119 cm³/mol. The van der Waals surface area contributed by atoms with Gasteiger partial charge in [-0.1, -0.05) is 44.2 Å². The third kappa shape index (κ3) is 9.44. The first-order valence-electron chi connectivity index (χ1n) is 10.7. The first kappa shape index (κ1) is 29.6. The molecule has 0 aliphatic heterocycles. The highest BCUT2D eigenvalue weighted by molar-refractivity contribution is 7.53. The van der Waals surface area contributed by atoms with Crippen LogP contribution in [0.3, 0.4) is 0 Å². The van der Waals surface area contributed by atoms with E-state index in [2.05, 4.69) is 5.32 Å². The van der Waals surface area contributed by atoms with Crippen LogP contribution in [0, 0.1) is 5.92 Å². The normalized spacial score (nSPS) is 12.8. The molecule has 1 unspecified atom stereocenters. The third-order valence-electron chi connectivity index (χ3n) is 4.51. The van der Waals surface area contributed by atoms with E-state index < -0.39 is 56.3 Å². The number of rotatable bonds is 13. The molecule has 0 spiro atoms. The molecule has 0 saturated heterocycles. The first-order valence-corrected chi connectivity index (χ1v) is 12.4. The number of carbonyl (C=O) groups excluding carboxylic acids is 3. The van der Waals surface area contributed by atoms with E-state index >= 15 is 0 Å². The Labute approximate surface area is 196 Å². The van der Waals surface area contributed by atoms with Crippen LogP contribution >= 0.6 is 7.60 Å². The smallest absolute Gasteiger partial charge is 0.343 e. The van der Waals surface area contributed by atoms with Gasteiger partial charge in [-0.2, -0.15) is 13.2 Å². The zero-order valence-electron chi connectivity index (χ0n) is 19.6. The minimum atomic E-state index is -5.15. The van der Waals surface area contributed by atoms with Crippen molar-refractivity contribution in [3.05, 3.63) is 35.9 Å². The Bertz CT molecular complexity index is 857. The van der Waals surface area contributed by atoms with E-state index in [0.717, 1.165) is 4.90 Å². The molecular formula is C21H31F3N3O6P. The Morgan fingerprint density at radius 1 is 1.03 bits per heavy atom. The maximum absolute atomic E-state index is 13.1. The van der Waals surface area contributed by atoms with Crippen LogP contribution in [0.4, 0.5) is 13.2 Å². The minimum absolute atomic E-state index is 0.0816. The van der Waals surface area contributed by atoms with Gasteiger partial charge < -0.3 is 24.6 Å². The molecule has 0 bridgehead atoms. The van der Waals surface area contributed by atoms with E-state index in [1.54, 1.807) is 58.0 Å². The van der Waals surface area contributed by atoms with Gasteiger partial charge in [0.1, 0.15) is 12.3 Å². The van der Waals surface area contributed by atoms with Crippen molar-refractivity contribution < 1.29 is 41.2 Å². The van der Waals surface area contributed by atoms with Crippen molar-refractivity contribution >= 4 is 25.3 Å². The molecule has 3 amide bonds. The standard InChI is InChI=1S/C21H31F3N3O6P/c1-5-32-34(31,33-6-2)14-26-19(29)18(15(3)4)27(13-16-10-8-7-9-11-16)17(28)12-25-20(30)21(22,23)24/h7-11,15,18H,5-6,12-14H2,1-4H3,(H,25,30)(H,26,29). The molecule has 0 aromatic heterocycles. The second-order valence-corrected chi connectivity index (χ2v) is 9.58. The SMILES string of the molecule is CCOP(=O)(CNC(=O)C(C(C)C)N(Cc1ccccc1)C(=O)CNC(=O)C(F)(F)F)OCC. The number of hydrogen-bond donors (Lipinski definition) is 2. The number of amides is 3. The Hall–Kier alpha value is -2.43. The van der Waals surface area contributed by atoms with Crippen LogP contribution in [-0.2, 0) is 34.5 Å². The fourth-order valence-corrected chi connectivity index (χ4v) is 4.48. The van der Waals surface area contributed by atoms with Gasteiger partial charge in [0.15, 0.2) is 0 Å². The molecule has 0 fully saturated rings. The van der Waals surface area contributed by atoms with Gasteiger partial charge >= 0.3 is 19.7 Å². The van der Waals surface area contributed by atoms with Crippen LogP contribution in [0.15, 0.2) is 30.3 Å². The van der Waals surface area contributed by atoms with Crippen LogP contribution in [-0.4, -0.2) is 60.9 Å². The number of benzene rings is 1. The van der Waals surface area contributed by atoms with Gasteiger partial charge in [0.25, 0.3) is 0 Å². The fraction of sp³-hybridized carbons (Fsp3) is 0.571. The molecule has 2 N–H and O–H groups in total. The van der Waals surface area contributed by atoms with Crippen molar-refractivity contribution in [1.82, 2.24) is 15.5 Å². The molecule has 0 aliphatic rings. The molecule has 9 nitrogen and oxygen atoms in total. The Morgan fingerprint density at radius 3 is 2.06 bits per heavy atom. The molecule has 13 heteroatoms. The summed E-state index contributed by atoms with van der Waals surface area (Å²) in [6.07, 6.45) is -5.60. The highest BCUT2D eigenvalue weighted by Gasteiger charge is 2.40. The lowest BCUT2D eigenvalue weighted by Gasteiger charge is -2.34. The Balaban J connectivity index is 3.14. The summed E-state index contributed by atoms with van der Waals surface area (Å²) in [4.78, 5) is 38.2. The largest absolute Gasteiger partial charge is 0.471 e. The third-order valence-corrected chi connectivity index (χ3v) is 6.36. The second kappa shape index (κ2) is 13.5. The average molecular weight is 509 g/mol. The second-order valence-electron chi connectivity index (χ2n) is 7.52. The van der Waals surface area contributed by atoms with Crippen LogP contribution in [0.25, 0.3) is 0 Å². The molecule has 1 aromatic carbocycles. The van der Waals surface area contributed by atoms with Crippen LogP contribution in [0.1, 0.15) is 33.3 Å². The number of hydrogen-bond acceptors (Lipinski definition) is 6. The van der Waals surface area contributed by atoms with Crippen LogP contribution in [0.5, 0.6) is 0 Å². The maximum atomic E-state index is 13.1. The summed E-state index contributed by atoms with van der Waals surface area (Å²) in [5.74, 6) is -4.33. The van der Waals surface area contributed by atoms with Gasteiger partial charge in [0.05, 0.1) is 19.8 Å². The molecule has 1 atom stereocenters. The quantitative estimate of drug-likeness (QED) is 0.395. The van der Waals surface area contributed by atoms with E-state index in [1.807, 2.05) is 0 Å². The highest BCUT2D eigenvalue weighted by atomic mass is 31.2. The topological polar surface area (TPSA) is 114 Å². The van der Waals surface area contributed by atoms with Crippen LogP contribution < -0.4 is 10.6 Å². The van der Waals surface area contributed by atoms with Gasteiger partial charge in [0, 0.05) is 6.54 Å². The molecule has 192 valence electrons. The van der Waals surface area contributed by atoms with Crippen molar-refractivity contribution in [2.24, 2.45) is 5.92 Å². The van der Waals surface area contributed by atoms with Gasteiger partial charge in [-0.25, -0.2) is 0 Å². The van der Waals surface area contributed by atoms with E-state index in [4.69, 9.17) is 9.05 Å². The monoisotopic (exact) mass is 509 g/mol. The number of alkyl halides is 3. The van der Waals surface area contributed by atoms with Crippen molar-refractivity contribution in [3.63, 3.8) is 0 Å². The molecule has 0 aliphatic carbocycles. The van der Waals surface area contributed by atoms with Gasteiger partial charge in [0.2, 0.25) is 11.8 Å². The lowest BCUT2D eigenvalue weighted by molar-refractivity contribution is -0.174. The summed E-state index contributed by atoms with van der Waals surface area (Å²) in [7, 11) is -3.63. The van der Waals surface area contributed by atoms with E-state index in [-0.39, 0.29) is 19.8 Å². The summed E-state index contributed by atoms with van der Waals surface area (Å²) in [5.41, 5.74) is 0.616. The van der Waals surface area contributed by atoms with Crippen LogP contribution in [0.2, 0.25) is 0 Å². The fourth-order valence-electron chi connectivity index (χ4n) is 3.08. The molecular weight excluding hydrogens is 478 g/mol. The van der Waals surface area contributed by atoms with E-state index in [1.165, 1.54) is 5.32 Å². The molecule has 0 heterocycles. The van der Waals surface area contributed by atoms with Crippen molar-refractivity contribution in [2.75, 3.05) is 26.0 Å². The minimum Gasteiger partial charge on any atom is -0.343 e. The summed E-state index contributed by atoms with van der Waals surface area (Å²) < 4.78 is 60.6. The summed E-state index contributed by atoms with van der Waals surface area (Å²) >= 11 is 0. The molecule has 1 rings (SSSR count). The highest BCUT2D eigenvalue weighted by Crippen LogP contribution is 2.46. The van der Waals surface area contributed by atoms with Crippen molar-refractivity contribution in [2.45, 2.75) is 46.5 Å². The zero-order valence-corrected chi connectivity index (χ0v) is 20.4. The number of nitrogens with one attached hydrogen (secondary N) is 2. The van der Waals surface area contributed by atoms with E-state index in [9.17, 15) is 32.1 Å². The van der Waals surface area contributed by atoms with Gasteiger partial charge in [-0.3, -0.25) is 18.9 Å². The molecule has 34 heavy (non-hydrogen) atoms. The van der Waals surface area contributed by atoms with Gasteiger partial charge in [-0.05, 0) is 25.3 Å². The molecule has 0 radical (unpaired) electrons. The van der Waals surface area contributed by atoms with Crippen molar-refractivity contribution in [1.29, 1.82) is 0 Å². The molecule has 0 saturated carbocycles. The number of nitrogens with zero attached hydrogens (tertiary/aromatic N) is 1. The number of carbonyl (C=O) groups is 3. The van der Waals surface area contributed by atoms with E-state index in [0.29, 0.717) is 5.56 Å². The summed E-state index contributed by atoms with van der Waals surface area (Å²) in [5, 5.41) is 4.01. The lowest BCUT2D eigenvalue weighted by Crippen LogP contribution is -2.54. The Kier molecular flexibility index (Phi) is 11.7.